The molecule has 162 valence electrons. The second-order valence-electron chi connectivity index (χ2n) is 7.99. The van der Waals surface area contributed by atoms with Crippen molar-refractivity contribution in [2.75, 3.05) is 10.8 Å². The molecule has 1 saturated carbocycles. The van der Waals surface area contributed by atoms with Crippen molar-refractivity contribution in [3.8, 4) is 0 Å². The first-order valence-corrected chi connectivity index (χ1v) is 13.3. The number of hydrogen-bond donors (Lipinski definition) is 2. The number of anilines is 1. The second kappa shape index (κ2) is 8.12. The quantitative estimate of drug-likeness (QED) is 0.463. The van der Waals surface area contributed by atoms with Gasteiger partial charge in [-0.2, -0.15) is 0 Å². The van der Waals surface area contributed by atoms with Crippen LogP contribution in [-0.4, -0.2) is 20.2 Å². The fourth-order valence-corrected chi connectivity index (χ4v) is 7.42. The molecule has 1 aliphatic heterocycles. The van der Waals surface area contributed by atoms with Crippen molar-refractivity contribution < 1.29 is 13.2 Å². The number of fused-ring (bicyclic) bond motifs is 1. The predicted octanol–water partition coefficient (Wildman–Crippen LogP) is 5.16. The summed E-state index contributed by atoms with van der Waals surface area (Å²) in [5, 5.41) is 4.55. The largest absolute Gasteiger partial charge is 0.326 e. The zero-order chi connectivity index (χ0) is 21.6. The SMILES string of the molecule is Cc1c(N(CCC2CC2)S(=O)(=O)c2ccc(C3NSC(=O)N3)cc2)sc2ccccc12. The monoisotopic (exact) mass is 473 g/mol. The molecule has 6 nitrogen and oxygen atoms in total. The van der Waals surface area contributed by atoms with E-state index in [2.05, 4.69) is 10.0 Å². The molecular weight excluding hydrogens is 450 g/mol. The van der Waals surface area contributed by atoms with Crippen LogP contribution in [0.2, 0.25) is 0 Å². The number of amides is 1. The molecule has 2 aromatic carbocycles. The number of hydrogen-bond acceptors (Lipinski definition) is 6. The Morgan fingerprint density at radius 1 is 1.10 bits per heavy atom. The summed E-state index contributed by atoms with van der Waals surface area (Å²) in [7, 11) is -3.71. The van der Waals surface area contributed by atoms with Crippen molar-refractivity contribution in [2.24, 2.45) is 5.92 Å². The fourth-order valence-electron chi connectivity index (χ4n) is 3.84. The van der Waals surface area contributed by atoms with Crippen LogP contribution in [0.25, 0.3) is 10.1 Å². The average Bonchev–Trinajstić information content (AvgIpc) is 3.41. The van der Waals surface area contributed by atoms with Crippen LogP contribution in [-0.2, 0) is 10.0 Å². The highest BCUT2D eigenvalue weighted by Gasteiger charge is 2.31. The Balaban J connectivity index is 1.50. The third kappa shape index (κ3) is 4.07. The third-order valence-electron chi connectivity index (χ3n) is 5.82. The van der Waals surface area contributed by atoms with Crippen molar-refractivity contribution in [1.29, 1.82) is 0 Å². The average molecular weight is 474 g/mol. The minimum Gasteiger partial charge on any atom is -0.326 e. The number of benzene rings is 2. The van der Waals surface area contributed by atoms with E-state index in [1.165, 1.54) is 24.2 Å². The van der Waals surface area contributed by atoms with Crippen molar-refractivity contribution in [2.45, 2.75) is 37.2 Å². The van der Waals surface area contributed by atoms with Crippen molar-refractivity contribution >= 4 is 53.6 Å². The van der Waals surface area contributed by atoms with Crippen LogP contribution in [0, 0.1) is 12.8 Å². The molecule has 0 radical (unpaired) electrons. The van der Waals surface area contributed by atoms with Crippen LogP contribution in [0.4, 0.5) is 9.80 Å². The topological polar surface area (TPSA) is 78.5 Å². The van der Waals surface area contributed by atoms with Crippen molar-refractivity contribution in [3.05, 3.63) is 59.7 Å². The Labute approximate surface area is 190 Å². The summed E-state index contributed by atoms with van der Waals surface area (Å²) in [6.45, 7) is 2.49. The molecule has 1 atom stereocenters. The van der Waals surface area contributed by atoms with Gasteiger partial charge in [0.15, 0.2) is 0 Å². The van der Waals surface area contributed by atoms with Crippen LogP contribution < -0.4 is 14.3 Å². The van der Waals surface area contributed by atoms with Crippen LogP contribution in [0.1, 0.15) is 36.6 Å². The maximum Gasteiger partial charge on any atom is 0.295 e. The lowest BCUT2D eigenvalue weighted by molar-refractivity contribution is 0.259. The minimum absolute atomic E-state index is 0.145. The molecule has 1 saturated heterocycles. The van der Waals surface area contributed by atoms with Crippen LogP contribution in [0.3, 0.4) is 0 Å². The third-order valence-corrected chi connectivity index (χ3v) is 9.70. The summed E-state index contributed by atoms with van der Waals surface area (Å²) in [4.78, 5) is 11.7. The molecule has 1 aliphatic carbocycles. The molecule has 31 heavy (non-hydrogen) atoms. The van der Waals surface area contributed by atoms with E-state index in [4.69, 9.17) is 0 Å². The van der Waals surface area contributed by atoms with E-state index in [1.807, 2.05) is 31.2 Å². The van der Waals surface area contributed by atoms with E-state index < -0.39 is 10.0 Å². The standard InChI is InChI=1S/C22H23N3O3S3/c1-14-18-4-2-3-5-19(18)29-21(14)25(13-12-15-6-7-15)31(27,28)17-10-8-16(9-11-17)20-23-22(26)30-24-20/h2-5,8-11,15,20,24H,6-7,12-13H2,1H3,(H,23,26). The number of nitrogens with one attached hydrogen (secondary N) is 2. The summed E-state index contributed by atoms with van der Waals surface area (Å²) in [6.07, 6.45) is 2.93. The molecule has 2 heterocycles. The molecular formula is C22H23N3O3S3. The summed E-state index contributed by atoms with van der Waals surface area (Å²) >= 11 is 2.54. The number of nitrogens with zero attached hydrogens (tertiary/aromatic N) is 1. The lowest BCUT2D eigenvalue weighted by Gasteiger charge is -2.24. The zero-order valence-electron chi connectivity index (χ0n) is 17.0. The first-order valence-electron chi connectivity index (χ1n) is 10.3. The Bertz CT molecular complexity index is 1230. The fraction of sp³-hybridized carbons (Fsp3) is 0.318. The van der Waals surface area contributed by atoms with Crippen LogP contribution >= 0.6 is 23.3 Å². The number of rotatable bonds is 7. The number of sulfonamides is 1. The van der Waals surface area contributed by atoms with Gasteiger partial charge in [0.25, 0.3) is 15.3 Å². The van der Waals surface area contributed by atoms with E-state index >= 15 is 0 Å². The van der Waals surface area contributed by atoms with E-state index in [1.54, 1.807) is 28.6 Å². The van der Waals surface area contributed by atoms with Gasteiger partial charge < -0.3 is 5.32 Å². The van der Waals surface area contributed by atoms with E-state index in [0.717, 1.165) is 44.6 Å². The molecule has 3 aromatic rings. The van der Waals surface area contributed by atoms with Gasteiger partial charge in [0.05, 0.1) is 4.90 Å². The molecule has 1 unspecified atom stereocenters. The molecule has 1 amide bonds. The maximum absolute atomic E-state index is 13.7. The van der Waals surface area contributed by atoms with Gasteiger partial charge in [-0.05, 0) is 54.0 Å². The summed E-state index contributed by atoms with van der Waals surface area (Å²) in [5.41, 5.74) is 1.83. The van der Waals surface area contributed by atoms with E-state index in [0.29, 0.717) is 12.5 Å². The second-order valence-corrected chi connectivity index (χ2v) is 11.7. The molecule has 9 heteroatoms. The Hall–Kier alpha value is -2.07. The number of thiophene rings is 1. The summed E-state index contributed by atoms with van der Waals surface area (Å²) < 4.78 is 33.1. The smallest absolute Gasteiger partial charge is 0.295 e. The van der Waals surface area contributed by atoms with Gasteiger partial charge in [0.2, 0.25) is 0 Å². The number of carbonyl (C=O) groups excluding carboxylic acids is 1. The van der Waals surface area contributed by atoms with Crippen molar-refractivity contribution in [3.63, 3.8) is 0 Å². The van der Waals surface area contributed by atoms with Gasteiger partial charge in [0, 0.05) is 23.2 Å². The van der Waals surface area contributed by atoms with E-state index in [9.17, 15) is 13.2 Å². The van der Waals surface area contributed by atoms with Crippen LogP contribution in [0.15, 0.2) is 53.4 Å². The maximum atomic E-state index is 13.7. The van der Waals surface area contributed by atoms with Gasteiger partial charge in [-0.25, -0.2) is 13.1 Å². The first kappa shape index (κ1) is 20.8. The zero-order valence-corrected chi connectivity index (χ0v) is 19.4. The molecule has 1 aromatic heterocycles. The summed E-state index contributed by atoms with van der Waals surface area (Å²) in [6, 6.07) is 14.8. The normalized spacial score (nSPS) is 19.0. The number of aryl methyl sites for hydroxylation is 1. The van der Waals surface area contributed by atoms with Gasteiger partial charge in [-0.1, -0.05) is 43.2 Å². The molecule has 2 fully saturated rings. The predicted molar refractivity (Wildman–Crippen MR) is 127 cm³/mol. The highest BCUT2D eigenvalue weighted by atomic mass is 32.2. The Morgan fingerprint density at radius 2 is 1.84 bits per heavy atom. The van der Waals surface area contributed by atoms with Gasteiger partial charge >= 0.3 is 0 Å². The molecule has 0 spiro atoms. The van der Waals surface area contributed by atoms with Gasteiger partial charge in [-0.15, -0.1) is 11.3 Å². The Morgan fingerprint density at radius 3 is 2.48 bits per heavy atom. The molecule has 2 N–H and O–H groups in total. The first-order chi connectivity index (χ1) is 14.9. The molecule has 2 aliphatic rings. The van der Waals surface area contributed by atoms with Gasteiger partial charge in [-0.3, -0.25) is 9.10 Å². The lowest BCUT2D eigenvalue weighted by atomic mass is 10.2. The van der Waals surface area contributed by atoms with Gasteiger partial charge in [0.1, 0.15) is 11.2 Å². The lowest BCUT2D eigenvalue weighted by Crippen LogP contribution is -2.32. The molecule has 0 bridgehead atoms. The molecule has 5 rings (SSSR count). The number of carbonyl (C=O) groups is 1. The highest BCUT2D eigenvalue weighted by Crippen LogP contribution is 2.41. The summed E-state index contributed by atoms with van der Waals surface area (Å²) in [5.74, 6) is 0.629. The highest BCUT2D eigenvalue weighted by molar-refractivity contribution is 8.12. The minimum atomic E-state index is -3.71. The Kier molecular flexibility index (Phi) is 5.45. The van der Waals surface area contributed by atoms with Crippen molar-refractivity contribution in [1.82, 2.24) is 10.0 Å². The van der Waals surface area contributed by atoms with E-state index in [-0.39, 0.29) is 16.3 Å². The van der Waals surface area contributed by atoms with Crippen LogP contribution in [0.5, 0.6) is 0 Å².